The number of rotatable bonds is 17. The fraction of sp³-hybridized carbons (Fsp3) is 0.923. The van der Waals surface area contributed by atoms with Crippen molar-refractivity contribution in [2.45, 2.75) is 136 Å². The van der Waals surface area contributed by atoms with Gasteiger partial charge in [-0.05, 0) is 19.0 Å². The van der Waals surface area contributed by atoms with Gasteiger partial charge in [-0.2, -0.15) is 0 Å². The Kier molecular flexibility index (Phi) is 20.0. The zero-order valence-electron chi connectivity index (χ0n) is 20.7. The lowest BCUT2D eigenvalue weighted by molar-refractivity contribution is -0.149. The molecular formula is C26H51NO4. The Morgan fingerprint density at radius 1 is 0.774 bits per heavy atom. The van der Waals surface area contributed by atoms with E-state index in [-0.39, 0.29) is 6.42 Å². The highest BCUT2D eigenvalue weighted by Crippen LogP contribution is 2.28. The van der Waals surface area contributed by atoms with E-state index in [0.29, 0.717) is 13.1 Å². The number of carbonyl (C=O) groups is 2. The van der Waals surface area contributed by atoms with Crippen molar-refractivity contribution in [3.63, 3.8) is 0 Å². The summed E-state index contributed by atoms with van der Waals surface area (Å²) in [6.45, 7) is 7.00. The zero-order valence-corrected chi connectivity index (χ0v) is 20.7. The number of carboxylic acid groups (broad SMARTS) is 2. The summed E-state index contributed by atoms with van der Waals surface area (Å²) in [6, 6.07) is -0.910. The number of hydrogen-bond donors (Lipinski definition) is 2. The van der Waals surface area contributed by atoms with Crippen LogP contribution in [0.5, 0.6) is 0 Å². The van der Waals surface area contributed by atoms with Gasteiger partial charge in [0.15, 0.2) is 0 Å². The highest BCUT2D eigenvalue weighted by molar-refractivity contribution is 5.80. The Morgan fingerprint density at radius 2 is 1.26 bits per heavy atom. The van der Waals surface area contributed by atoms with Crippen LogP contribution in [0.2, 0.25) is 0 Å². The summed E-state index contributed by atoms with van der Waals surface area (Å²) < 4.78 is 0. The van der Waals surface area contributed by atoms with Gasteiger partial charge in [0.1, 0.15) is 6.04 Å². The van der Waals surface area contributed by atoms with Gasteiger partial charge in [-0.25, -0.2) is 0 Å². The van der Waals surface area contributed by atoms with Crippen LogP contribution in [0.25, 0.3) is 0 Å². The molecule has 0 aromatic heterocycles. The Hall–Kier alpha value is -1.10. The minimum Gasteiger partial charge on any atom is -0.481 e. The minimum atomic E-state index is -1.08. The van der Waals surface area contributed by atoms with E-state index in [1.807, 2.05) is 0 Å². The van der Waals surface area contributed by atoms with Crippen molar-refractivity contribution in [3.8, 4) is 0 Å². The molecule has 0 spiro atoms. The number of nitrogens with zero attached hydrogens (tertiary/aromatic N) is 1. The molecule has 0 heterocycles. The van der Waals surface area contributed by atoms with Gasteiger partial charge in [-0.1, -0.05) is 124 Å². The molecule has 0 saturated heterocycles. The number of carboxylic acids is 2. The number of hydrogen-bond acceptors (Lipinski definition) is 3. The summed E-state index contributed by atoms with van der Waals surface area (Å²) in [5.41, 5.74) is 0. The first kappa shape index (κ1) is 29.9. The molecule has 1 fully saturated rings. The molecule has 1 saturated carbocycles. The molecule has 1 rings (SSSR count). The van der Waals surface area contributed by atoms with E-state index in [0.717, 1.165) is 5.92 Å². The third kappa shape index (κ3) is 17.2. The quantitative estimate of drug-likeness (QED) is 0.235. The fourth-order valence-electron chi connectivity index (χ4n) is 4.60. The monoisotopic (exact) mass is 441 g/mol. The molecule has 0 aromatic carbocycles. The normalized spacial score (nSPS) is 15.4. The van der Waals surface area contributed by atoms with Gasteiger partial charge in [0.05, 0.1) is 6.42 Å². The van der Waals surface area contributed by atoms with Crippen LogP contribution in [-0.4, -0.2) is 46.2 Å². The molecule has 0 bridgehead atoms. The van der Waals surface area contributed by atoms with E-state index >= 15 is 0 Å². The Morgan fingerprint density at radius 3 is 1.68 bits per heavy atom. The smallest absolute Gasteiger partial charge is 0.321 e. The average Bonchev–Trinajstić information content (AvgIpc) is 2.76. The molecule has 31 heavy (non-hydrogen) atoms. The Bertz CT molecular complexity index is 431. The maximum atomic E-state index is 10.7. The average molecular weight is 442 g/mol. The third-order valence-corrected chi connectivity index (χ3v) is 6.60. The highest BCUT2D eigenvalue weighted by atomic mass is 16.4. The van der Waals surface area contributed by atoms with Crippen LogP contribution in [0.3, 0.4) is 0 Å². The summed E-state index contributed by atoms with van der Waals surface area (Å²) in [5.74, 6) is -1.06. The largest absolute Gasteiger partial charge is 0.481 e. The summed E-state index contributed by atoms with van der Waals surface area (Å²) in [4.78, 5) is 22.7. The lowest BCUT2D eigenvalue weighted by Crippen LogP contribution is -2.42. The second-order valence-electron chi connectivity index (χ2n) is 9.15. The molecule has 0 aromatic rings. The van der Waals surface area contributed by atoms with Crippen molar-refractivity contribution >= 4 is 11.9 Å². The van der Waals surface area contributed by atoms with Crippen molar-refractivity contribution in [1.29, 1.82) is 0 Å². The van der Waals surface area contributed by atoms with Gasteiger partial charge in [0.2, 0.25) is 0 Å². The molecule has 1 aliphatic carbocycles. The van der Waals surface area contributed by atoms with Crippen molar-refractivity contribution in [2.75, 3.05) is 13.1 Å². The van der Waals surface area contributed by atoms with Crippen LogP contribution >= 0.6 is 0 Å². The topological polar surface area (TPSA) is 77.8 Å². The molecule has 2 N–H and O–H groups in total. The molecule has 1 unspecified atom stereocenters. The van der Waals surface area contributed by atoms with Crippen LogP contribution in [0, 0.1) is 5.92 Å². The van der Waals surface area contributed by atoms with Gasteiger partial charge in [0.25, 0.3) is 0 Å². The van der Waals surface area contributed by atoms with Crippen molar-refractivity contribution in [1.82, 2.24) is 4.90 Å². The summed E-state index contributed by atoms with van der Waals surface area (Å²) in [5, 5.41) is 17.2. The van der Waals surface area contributed by atoms with E-state index in [1.54, 1.807) is 18.7 Å². The summed E-state index contributed by atoms with van der Waals surface area (Å²) in [6.07, 6.45) is 23.6. The van der Waals surface area contributed by atoms with Gasteiger partial charge >= 0.3 is 11.9 Å². The van der Waals surface area contributed by atoms with E-state index < -0.39 is 18.0 Å². The first-order valence-electron chi connectivity index (χ1n) is 13.1. The van der Waals surface area contributed by atoms with Gasteiger partial charge < -0.3 is 10.2 Å². The minimum absolute atomic E-state index is 0.350. The van der Waals surface area contributed by atoms with E-state index in [1.165, 1.54) is 103 Å². The van der Waals surface area contributed by atoms with Crippen molar-refractivity contribution in [3.05, 3.63) is 0 Å². The Labute approximate surface area is 192 Å². The number of aliphatic carboxylic acids is 2. The second kappa shape index (κ2) is 20.8. The molecule has 0 radical (unpaired) electrons. The molecule has 0 amide bonds. The van der Waals surface area contributed by atoms with Crippen LogP contribution in [-0.2, 0) is 9.59 Å². The van der Waals surface area contributed by atoms with Crippen LogP contribution in [0.1, 0.15) is 130 Å². The second-order valence-corrected chi connectivity index (χ2v) is 9.15. The van der Waals surface area contributed by atoms with E-state index in [4.69, 9.17) is 10.2 Å². The maximum Gasteiger partial charge on any atom is 0.321 e. The van der Waals surface area contributed by atoms with Crippen molar-refractivity contribution in [2.24, 2.45) is 5.92 Å². The number of unbranched alkanes of at least 4 members (excludes halogenated alkanes) is 9. The highest BCUT2D eigenvalue weighted by Gasteiger charge is 2.25. The molecule has 184 valence electrons. The van der Waals surface area contributed by atoms with E-state index in [2.05, 4.69) is 6.92 Å². The van der Waals surface area contributed by atoms with Gasteiger partial charge in [0, 0.05) is 0 Å². The maximum absolute atomic E-state index is 10.7. The fourth-order valence-corrected chi connectivity index (χ4v) is 4.60. The van der Waals surface area contributed by atoms with E-state index in [9.17, 15) is 9.59 Å². The zero-order chi connectivity index (χ0) is 23.3. The first-order chi connectivity index (χ1) is 15.0. The van der Waals surface area contributed by atoms with Crippen molar-refractivity contribution < 1.29 is 19.8 Å². The third-order valence-electron chi connectivity index (χ3n) is 6.60. The summed E-state index contributed by atoms with van der Waals surface area (Å²) in [7, 11) is 0. The summed E-state index contributed by atoms with van der Waals surface area (Å²) >= 11 is 0. The molecule has 1 aliphatic rings. The first-order valence-corrected chi connectivity index (χ1v) is 13.1. The molecular weight excluding hydrogens is 390 g/mol. The molecule has 5 heteroatoms. The molecule has 0 aliphatic heterocycles. The lowest BCUT2D eigenvalue weighted by Gasteiger charge is -2.24. The van der Waals surface area contributed by atoms with Gasteiger partial charge in [-0.15, -0.1) is 0 Å². The number of likely N-dealkylation sites (N-methyl/N-ethyl adjacent to an activating group) is 1. The van der Waals surface area contributed by atoms with Crippen LogP contribution in [0.15, 0.2) is 0 Å². The van der Waals surface area contributed by atoms with Crippen LogP contribution in [0.4, 0.5) is 0 Å². The molecule has 5 nitrogen and oxygen atoms in total. The predicted molar refractivity (Wildman–Crippen MR) is 130 cm³/mol. The standard InChI is InChI=1S/C18H36.C8H15NO4/c1-2-3-4-5-6-7-8-9-10-12-15-18-16-13-11-14-17-18;1-3-9(4-2)6(8(12)13)5-7(10)11/h18H,2-17H2,1H3;6H,3-5H2,1-2H3,(H,10,11)(H,12,13). The molecule has 1 atom stereocenters. The predicted octanol–water partition coefficient (Wildman–Crippen LogP) is 7.13. The Balaban J connectivity index is 0.000000615. The van der Waals surface area contributed by atoms with Gasteiger partial charge in [-0.3, -0.25) is 14.5 Å². The SMILES string of the molecule is CCCCCCCCCCCCC1CCCCC1.CCN(CC)C(CC(=O)O)C(=O)O. The van der Waals surface area contributed by atoms with Crippen LogP contribution < -0.4 is 0 Å². The lowest BCUT2D eigenvalue weighted by atomic mass is 9.85.